The van der Waals surface area contributed by atoms with Gasteiger partial charge in [-0.3, -0.25) is 19.7 Å². The van der Waals surface area contributed by atoms with Gasteiger partial charge in [-0.2, -0.15) is 0 Å². The maximum Gasteiger partial charge on any atom is 0.254 e. The smallest absolute Gasteiger partial charge is 0.254 e. The highest BCUT2D eigenvalue weighted by Gasteiger charge is 2.42. The van der Waals surface area contributed by atoms with E-state index in [0.29, 0.717) is 12.1 Å². The highest BCUT2D eigenvalue weighted by atomic mass is 16.2. The van der Waals surface area contributed by atoms with Gasteiger partial charge in [-0.1, -0.05) is 6.07 Å². The van der Waals surface area contributed by atoms with Gasteiger partial charge in [0, 0.05) is 62.1 Å². The SMILES string of the molecule is O=C(c1ccncc1)N1C2CCC1CN(Cc1cccnc1)C2. The van der Waals surface area contributed by atoms with Gasteiger partial charge in [-0.15, -0.1) is 0 Å². The van der Waals surface area contributed by atoms with Crippen molar-refractivity contribution in [2.24, 2.45) is 0 Å². The van der Waals surface area contributed by atoms with Gasteiger partial charge < -0.3 is 4.90 Å². The lowest BCUT2D eigenvalue weighted by Crippen LogP contribution is -2.55. The van der Waals surface area contributed by atoms with Crippen LogP contribution in [0.15, 0.2) is 49.1 Å². The summed E-state index contributed by atoms with van der Waals surface area (Å²) in [5.74, 6) is 0.154. The Bertz CT molecular complexity index is 662. The molecule has 2 unspecified atom stereocenters. The third-order valence-electron chi connectivity index (χ3n) is 4.85. The molecule has 2 aromatic rings. The molecule has 2 bridgehead atoms. The van der Waals surface area contributed by atoms with Crippen LogP contribution in [0.5, 0.6) is 0 Å². The van der Waals surface area contributed by atoms with Crippen molar-refractivity contribution < 1.29 is 4.79 Å². The molecular formula is C18H20N4O. The van der Waals surface area contributed by atoms with Crippen molar-refractivity contribution in [3.63, 3.8) is 0 Å². The molecule has 118 valence electrons. The van der Waals surface area contributed by atoms with Crippen LogP contribution in [0.3, 0.4) is 0 Å². The van der Waals surface area contributed by atoms with Gasteiger partial charge in [0.1, 0.15) is 0 Å². The van der Waals surface area contributed by atoms with Crippen LogP contribution < -0.4 is 0 Å². The minimum atomic E-state index is 0.154. The Morgan fingerprint density at radius 1 is 1.04 bits per heavy atom. The van der Waals surface area contributed by atoms with Gasteiger partial charge in [0.15, 0.2) is 0 Å². The number of hydrogen-bond donors (Lipinski definition) is 0. The van der Waals surface area contributed by atoms with Gasteiger partial charge in [0.2, 0.25) is 0 Å². The molecule has 2 fully saturated rings. The lowest BCUT2D eigenvalue weighted by atomic mass is 10.1. The lowest BCUT2D eigenvalue weighted by Gasteiger charge is -2.41. The van der Waals surface area contributed by atoms with Crippen LogP contribution in [-0.4, -0.2) is 50.8 Å². The Hall–Kier alpha value is -2.27. The van der Waals surface area contributed by atoms with Crippen molar-refractivity contribution in [2.45, 2.75) is 31.5 Å². The predicted molar refractivity (Wildman–Crippen MR) is 86.7 cm³/mol. The number of rotatable bonds is 3. The van der Waals surface area contributed by atoms with Crippen molar-refractivity contribution in [2.75, 3.05) is 13.1 Å². The summed E-state index contributed by atoms with van der Waals surface area (Å²) in [6, 6.07) is 8.36. The number of amides is 1. The first-order chi connectivity index (χ1) is 11.3. The molecule has 0 spiro atoms. The summed E-state index contributed by atoms with van der Waals surface area (Å²) in [6.45, 7) is 2.81. The molecule has 0 N–H and O–H groups in total. The van der Waals surface area contributed by atoms with Crippen molar-refractivity contribution >= 4 is 5.91 Å². The minimum absolute atomic E-state index is 0.154. The molecule has 4 rings (SSSR count). The third kappa shape index (κ3) is 2.84. The quantitative estimate of drug-likeness (QED) is 0.870. The molecule has 0 aliphatic carbocycles. The number of aromatic nitrogens is 2. The number of carbonyl (C=O) groups excluding carboxylic acids is 1. The normalized spacial score (nSPS) is 23.9. The van der Waals surface area contributed by atoms with Gasteiger partial charge in [0.25, 0.3) is 5.91 Å². The Kier molecular flexibility index (Phi) is 3.79. The fourth-order valence-corrected chi connectivity index (χ4v) is 3.84. The van der Waals surface area contributed by atoms with Crippen LogP contribution >= 0.6 is 0 Å². The molecule has 2 atom stereocenters. The fourth-order valence-electron chi connectivity index (χ4n) is 3.84. The van der Waals surface area contributed by atoms with Gasteiger partial charge in [-0.05, 0) is 36.6 Å². The molecule has 4 heterocycles. The van der Waals surface area contributed by atoms with Crippen LogP contribution in [0, 0.1) is 0 Å². The van der Waals surface area contributed by atoms with Crippen LogP contribution in [0.25, 0.3) is 0 Å². The maximum absolute atomic E-state index is 12.8. The van der Waals surface area contributed by atoms with E-state index < -0.39 is 0 Å². The standard InChI is InChI=1S/C18H20N4O/c23-18(15-5-8-19-9-6-15)22-16-3-4-17(22)13-21(12-16)11-14-2-1-7-20-10-14/h1-2,5-10,16-17H,3-4,11-13H2. The van der Waals surface area contributed by atoms with Crippen LogP contribution in [0.1, 0.15) is 28.8 Å². The number of hydrogen-bond acceptors (Lipinski definition) is 4. The number of likely N-dealkylation sites (tertiary alicyclic amines) is 1. The first-order valence-electron chi connectivity index (χ1n) is 8.15. The summed E-state index contributed by atoms with van der Waals surface area (Å²) < 4.78 is 0. The first kappa shape index (κ1) is 14.3. The van der Waals surface area contributed by atoms with Gasteiger partial charge in [0.05, 0.1) is 0 Å². The molecule has 2 aliphatic heterocycles. The lowest BCUT2D eigenvalue weighted by molar-refractivity contribution is 0.0405. The summed E-state index contributed by atoms with van der Waals surface area (Å²) in [7, 11) is 0. The molecular weight excluding hydrogens is 288 g/mol. The number of fused-ring (bicyclic) bond motifs is 2. The van der Waals surface area contributed by atoms with E-state index in [0.717, 1.165) is 38.0 Å². The van der Waals surface area contributed by atoms with Gasteiger partial charge in [-0.25, -0.2) is 0 Å². The predicted octanol–water partition coefficient (Wildman–Crippen LogP) is 1.97. The van der Waals surface area contributed by atoms with Crippen LogP contribution in [0.2, 0.25) is 0 Å². The zero-order chi connectivity index (χ0) is 15.6. The Balaban J connectivity index is 1.47. The zero-order valence-corrected chi connectivity index (χ0v) is 13.0. The van der Waals surface area contributed by atoms with Crippen molar-refractivity contribution in [1.82, 2.24) is 19.8 Å². The van der Waals surface area contributed by atoms with E-state index in [1.807, 2.05) is 24.4 Å². The summed E-state index contributed by atoms with van der Waals surface area (Å²) in [5.41, 5.74) is 1.98. The fraction of sp³-hybridized carbons (Fsp3) is 0.389. The van der Waals surface area contributed by atoms with E-state index in [2.05, 4.69) is 25.8 Å². The molecule has 0 radical (unpaired) electrons. The Morgan fingerprint density at radius 2 is 1.78 bits per heavy atom. The van der Waals surface area contributed by atoms with E-state index >= 15 is 0 Å². The minimum Gasteiger partial charge on any atom is -0.330 e. The highest BCUT2D eigenvalue weighted by molar-refractivity contribution is 5.94. The topological polar surface area (TPSA) is 49.3 Å². The van der Waals surface area contributed by atoms with Gasteiger partial charge >= 0.3 is 0 Å². The summed E-state index contributed by atoms with van der Waals surface area (Å²) in [5, 5.41) is 0. The maximum atomic E-state index is 12.8. The first-order valence-corrected chi connectivity index (χ1v) is 8.15. The third-order valence-corrected chi connectivity index (χ3v) is 4.85. The van der Waals surface area contributed by atoms with Crippen LogP contribution in [-0.2, 0) is 6.54 Å². The molecule has 1 amide bonds. The summed E-state index contributed by atoms with van der Waals surface area (Å²) in [6.07, 6.45) is 9.31. The average Bonchev–Trinajstić information content (AvgIpc) is 2.87. The number of pyridine rings is 2. The van der Waals surface area contributed by atoms with E-state index in [-0.39, 0.29) is 5.91 Å². The average molecular weight is 308 g/mol. The van der Waals surface area contributed by atoms with E-state index in [9.17, 15) is 4.79 Å². The Morgan fingerprint density at radius 3 is 2.43 bits per heavy atom. The molecule has 5 heteroatoms. The second-order valence-electron chi connectivity index (χ2n) is 6.39. The summed E-state index contributed by atoms with van der Waals surface area (Å²) in [4.78, 5) is 25.5. The number of piperazine rings is 1. The largest absolute Gasteiger partial charge is 0.330 e. The van der Waals surface area contributed by atoms with Crippen molar-refractivity contribution in [3.05, 3.63) is 60.2 Å². The molecule has 2 aromatic heterocycles. The van der Waals surface area contributed by atoms with Crippen molar-refractivity contribution in [1.29, 1.82) is 0 Å². The number of nitrogens with zero attached hydrogens (tertiary/aromatic N) is 4. The highest BCUT2D eigenvalue weighted by Crippen LogP contribution is 2.32. The number of carbonyl (C=O) groups is 1. The molecule has 23 heavy (non-hydrogen) atoms. The molecule has 5 nitrogen and oxygen atoms in total. The second-order valence-corrected chi connectivity index (χ2v) is 6.39. The second kappa shape index (κ2) is 6.08. The Labute approximate surface area is 136 Å². The molecule has 2 saturated heterocycles. The van der Waals surface area contributed by atoms with E-state index in [1.165, 1.54) is 5.56 Å². The zero-order valence-electron chi connectivity index (χ0n) is 13.0. The molecule has 0 aromatic carbocycles. The van der Waals surface area contributed by atoms with Crippen LogP contribution in [0.4, 0.5) is 0 Å². The monoisotopic (exact) mass is 308 g/mol. The molecule has 0 saturated carbocycles. The summed E-state index contributed by atoms with van der Waals surface area (Å²) >= 11 is 0. The van der Waals surface area contributed by atoms with E-state index in [4.69, 9.17) is 0 Å². The van der Waals surface area contributed by atoms with Crippen molar-refractivity contribution in [3.8, 4) is 0 Å². The van der Waals surface area contributed by atoms with E-state index in [1.54, 1.807) is 18.6 Å². The molecule has 2 aliphatic rings.